The van der Waals surface area contributed by atoms with Crippen molar-refractivity contribution in [3.63, 3.8) is 0 Å². The Morgan fingerprint density at radius 3 is 2.62 bits per heavy atom. The van der Waals surface area contributed by atoms with Gasteiger partial charge in [0.25, 0.3) is 11.9 Å². The molecule has 0 spiro atoms. The van der Waals surface area contributed by atoms with E-state index in [1.54, 1.807) is 12.1 Å². The molecule has 2 aliphatic rings. The number of rotatable bonds is 9. The largest absolute Gasteiger partial charge is 0.478 e. The van der Waals surface area contributed by atoms with Crippen molar-refractivity contribution in [3.05, 3.63) is 53.6 Å². The minimum atomic E-state index is -1.36. The maximum atomic E-state index is 12.8. The fourth-order valence-electron chi connectivity index (χ4n) is 4.75. The zero-order chi connectivity index (χ0) is 29.4. The number of ether oxygens (including phenoxy) is 2. The molecule has 0 aliphatic carbocycles. The van der Waals surface area contributed by atoms with Gasteiger partial charge in [-0.1, -0.05) is 17.3 Å². The van der Waals surface area contributed by atoms with Gasteiger partial charge in [-0.2, -0.15) is 14.6 Å². The summed E-state index contributed by atoms with van der Waals surface area (Å²) in [7, 11) is 0. The molecule has 0 unspecified atom stereocenters. The number of carbonyl (C=O) groups is 2. The van der Waals surface area contributed by atoms with E-state index in [9.17, 15) is 24.9 Å². The fraction of sp³-hybridized carbons (Fsp3) is 0.400. The third-order valence-electron chi connectivity index (χ3n) is 7.06. The third kappa shape index (κ3) is 5.26. The predicted octanol–water partition coefficient (Wildman–Crippen LogP) is -1.15. The van der Waals surface area contributed by atoms with Crippen LogP contribution in [0.3, 0.4) is 0 Å². The first-order valence-electron chi connectivity index (χ1n) is 13.1. The van der Waals surface area contributed by atoms with E-state index in [2.05, 4.69) is 35.9 Å². The second-order valence-electron chi connectivity index (χ2n) is 9.86. The lowest BCUT2D eigenvalue weighted by molar-refractivity contribution is -0.0511. The molecule has 2 aliphatic heterocycles. The molecular formula is C25H27N9O8. The second kappa shape index (κ2) is 11.4. The molecule has 5 atom stereocenters. The number of imidazole rings is 1. The quantitative estimate of drug-likeness (QED) is 0.137. The van der Waals surface area contributed by atoms with Gasteiger partial charge in [0.1, 0.15) is 18.3 Å². The SMILES string of the molecule is O=C(O)c1ccc(CNC(=O)c2cn(-c3nc(N[C@@H]4CCOC4)c4ncn([C@@H]5O[C@H](CO)[C@@H](O)[C@@H]5O)c4n3)nn2)cc1. The molecule has 2 saturated heterocycles. The van der Waals surface area contributed by atoms with Crippen LogP contribution < -0.4 is 10.6 Å². The number of anilines is 1. The second-order valence-corrected chi connectivity index (χ2v) is 9.86. The molecule has 1 aromatic carbocycles. The van der Waals surface area contributed by atoms with E-state index >= 15 is 0 Å². The molecule has 3 aromatic heterocycles. The van der Waals surface area contributed by atoms with Crippen LogP contribution in [0.1, 0.15) is 39.1 Å². The first-order chi connectivity index (χ1) is 20.3. The number of amides is 1. The molecule has 42 heavy (non-hydrogen) atoms. The molecule has 4 aromatic rings. The highest BCUT2D eigenvalue weighted by atomic mass is 16.6. The Kier molecular flexibility index (Phi) is 7.48. The smallest absolute Gasteiger partial charge is 0.335 e. The lowest BCUT2D eigenvalue weighted by Crippen LogP contribution is -2.33. The first kappa shape index (κ1) is 27.6. The minimum Gasteiger partial charge on any atom is -0.478 e. The topological polar surface area (TPSA) is 232 Å². The molecule has 2 fully saturated rings. The van der Waals surface area contributed by atoms with Crippen LogP contribution in [0.2, 0.25) is 0 Å². The number of nitrogens with zero attached hydrogens (tertiary/aromatic N) is 7. The Balaban J connectivity index is 1.28. The number of aliphatic hydroxyl groups excluding tert-OH is 3. The predicted molar refractivity (Wildman–Crippen MR) is 141 cm³/mol. The van der Waals surface area contributed by atoms with Gasteiger partial charge in [-0.3, -0.25) is 9.36 Å². The number of carbonyl (C=O) groups excluding carboxylic acids is 1. The Hall–Kier alpha value is -4.55. The molecule has 6 N–H and O–H groups in total. The molecule has 0 saturated carbocycles. The summed E-state index contributed by atoms with van der Waals surface area (Å²) in [4.78, 5) is 37.3. The average molecular weight is 582 g/mol. The van der Waals surface area contributed by atoms with Crippen molar-refractivity contribution in [2.45, 2.75) is 43.5 Å². The van der Waals surface area contributed by atoms with Gasteiger partial charge in [0.2, 0.25) is 0 Å². The van der Waals surface area contributed by atoms with E-state index in [-0.39, 0.29) is 35.4 Å². The van der Waals surface area contributed by atoms with Crippen molar-refractivity contribution in [2.75, 3.05) is 25.1 Å². The third-order valence-corrected chi connectivity index (χ3v) is 7.06. The van der Waals surface area contributed by atoms with E-state index in [1.807, 2.05) is 0 Å². The molecule has 1 amide bonds. The van der Waals surface area contributed by atoms with E-state index in [0.29, 0.717) is 30.1 Å². The number of nitrogens with one attached hydrogen (secondary N) is 2. The number of fused-ring (bicyclic) bond motifs is 1. The van der Waals surface area contributed by atoms with Crippen LogP contribution in [0.25, 0.3) is 17.1 Å². The van der Waals surface area contributed by atoms with Crippen molar-refractivity contribution in [2.24, 2.45) is 0 Å². The summed E-state index contributed by atoms with van der Waals surface area (Å²) in [5.74, 6) is -1.18. The average Bonchev–Trinajstić information content (AvgIpc) is 3.80. The Labute approximate surface area is 236 Å². The summed E-state index contributed by atoms with van der Waals surface area (Å²) < 4.78 is 13.8. The fourth-order valence-corrected chi connectivity index (χ4v) is 4.75. The van der Waals surface area contributed by atoms with Crippen LogP contribution in [0.4, 0.5) is 5.82 Å². The van der Waals surface area contributed by atoms with E-state index in [1.165, 1.54) is 33.9 Å². The van der Waals surface area contributed by atoms with Gasteiger partial charge in [0.15, 0.2) is 28.9 Å². The lowest BCUT2D eigenvalue weighted by Gasteiger charge is -2.17. The van der Waals surface area contributed by atoms with Crippen molar-refractivity contribution < 1.29 is 39.5 Å². The summed E-state index contributed by atoms with van der Waals surface area (Å²) in [6.07, 6.45) is -1.29. The van der Waals surface area contributed by atoms with E-state index < -0.39 is 43.0 Å². The Morgan fingerprint density at radius 1 is 1.12 bits per heavy atom. The number of benzene rings is 1. The number of aromatic carboxylic acids is 1. The molecule has 17 nitrogen and oxygen atoms in total. The number of carboxylic acid groups (broad SMARTS) is 1. The van der Waals surface area contributed by atoms with Crippen molar-refractivity contribution in [1.82, 2.24) is 39.8 Å². The van der Waals surface area contributed by atoms with Crippen molar-refractivity contribution >= 4 is 28.9 Å². The monoisotopic (exact) mass is 581 g/mol. The van der Waals surface area contributed by atoms with Gasteiger partial charge in [0.05, 0.1) is 37.3 Å². The highest BCUT2D eigenvalue weighted by Crippen LogP contribution is 2.33. The Morgan fingerprint density at radius 2 is 1.93 bits per heavy atom. The zero-order valence-corrected chi connectivity index (χ0v) is 21.9. The molecular weight excluding hydrogens is 554 g/mol. The van der Waals surface area contributed by atoms with Gasteiger partial charge < -0.3 is 40.5 Å². The summed E-state index contributed by atoms with van der Waals surface area (Å²) in [5, 5.41) is 53.4. The van der Waals surface area contributed by atoms with Crippen LogP contribution in [-0.4, -0.2) is 111 Å². The number of hydrogen-bond acceptors (Lipinski definition) is 13. The summed E-state index contributed by atoms with van der Waals surface area (Å²) in [5.41, 5.74) is 1.41. The van der Waals surface area contributed by atoms with E-state index in [4.69, 9.17) is 14.6 Å². The van der Waals surface area contributed by atoms with Crippen LogP contribution in [0.5, 0.6) is 0 Å². The number of hydrogen-bond donors (Lipinski definition) is 6. The highest BCUT2D eigenvalue weighted by molar-refractivity contribution is 5.92. The van der Waals surface area contributed by atoms with Gasteiger partial charge >= 0.3 is 5.97 Å². The van der Waals surface area contributed by atoms with Crippen molar-refractivity contribution in [1.29, 1.82) is 0 Å². The maximum Gasteiger partial charge on any atom is 0.335 e. The number of aromatic nitrogens is 7. The van der Waals surface area contributed by atoms with Gasteiger partial charge in [0, 0.05) is 13.2 Å². The summed E-state index contributed by atoms with van der Waals surface area (Å²) in [6, 6.07) is 6.05. The highest BCUT2D eigenvalue weighted by Gasteiger charge is 2.44. The van der Waals surface area contributed by atoms with Crippen LogP contribution in [0, 0.1) is 0 Å². The standard InChI is InChI=1S/C25H27N9O8/c35-9-16-18(36)19(37)23(42-16)33-11-27-17-20(28-14-5-6-41-10-14)29-25(30-21(17)33)34-8-15(31-32-34)22(38)26-7-12-1-3-13(4-2-12)24(39)40/h1-4,8,11,14,16,18-19,23,35-37H,5-7,9-10H2,(H,26,38)(H,39,40)(H,28,29,30)/t14-,16-,18-,19+,23-/m1/s1. The van der Waals surface area contributed by atoms with Gasteiger partial charge in [-0.25, -0.2) is 9.78 Å². The number of aliphatic hydroxyl groups is 3. The van der Waals surface area contributed by atoms with Crippen LogP contribution in [-0.2, 0) is 16.0 Å². The summed E-state index contributed by atoms with van der Waals surface area (Å²) in [6.45, 7) is 0.687. The lowest BCUT2D eigenvalue weighted by atomic mass is 10.1. The molecule has 0 radical (unpaired) electrons. The molecule has 17 heteroatoms. The minimum absolute atomic E-state index is 0.0171. The molecule has 220 valence electrons. The van der Waals surface area contributed by atoms with E-state index in [0.717, 1.165) is 6.42 Å². The zero-order valence-electron chi connectivity index (χ0n) is 21.9. The number of carboxylic acids is 1. The van der Waals surface area contributed by atoms with Crippen molar-refractivity contribution in [3.8, 4) is 5.95 Å². The molecule has 6 rings (SSSR count). The van der Waals surface area contributed by atoms with Gasteiger partial charge in [-0.05, 0) is 24.1 Å². The Bertz CT molecular complexity index is 1600. The van der Waals surface area contributed by atoms with Crippen LogP contribution >= 0.6 is 0 Å². The molecule has 0 bridgehead atoms. The first-order valence-corrected chi connectivity index (χ1v) is 13.1. The maximum absolute atomic E-state index is 12.8. The summed E-state index contributed by atoms with van der Waals surface area (Å²) >= 11 is 0. The van der Waals surface area contributed by atoms with Crippen LogP contribution in [0.15, 0.2) is 36.8 Å². The molecule has 5 heterocycles. The van der Waals surface area contributed by atoms with Gasteiger partial charge in [-0.15, -0.1) is 5.10 Å². The normalized spacial score (nSPS) is 23.8.